The molecule has 0 amide bonds. The molecule has 1 aromatic carbocycles. The average molecular weight is 191 g/mol. The van der Waals surface area contributed by atoms with Crippen LogP contribution >= 0.6 is 0 Å². The van der Waals surface area contributed by atoms with E-state index in [1.165, 1.54) is 12.3 Å². The highest BCUT2D eigenvalue weighted by Crippen LogP contribution is 2.18. The first-order chi connectivity index (χ1) is 8.43. The maximum atomic E-state index is 10.5. The van der Waals surface area contributed by atoms with Crippen LogP contribution in [0.15, 0.2) is 36.4 Å². The normalized spacial score (nSPS) is 15.1. The number of carboxylic acid groups (broad SMARTS) is 1. The lowest BCUT2D eigenvalue weighted by Gasteiger charge is -1.89. The first-order valence-electron chi connectivity index (χ1n) is 5.92. The number of hydrogen-bond donors (Lipinski definition) is 2. The molecule has 0 bridgehead atoms. The summed E-state index contributed by atoms with van der Waals surface area (Å²) in [4.78, 5) is 13.2. The zero-order valence-electron chi connectivity index (χ0n) is 11.1. The molecule has 2 N–H and O–H groups in total. The Bertz CT molecular complexity index is 675. The number of rotatable bonds is 2. The van der Waals surface area contributed by atoms with Crippen LogP contribution in [-0.4, -0.2) is 16.1 Å². The number of benzene rings is 1. The molecule has 3 nitrogen and oxygen atoms in total. The third-order valence-electron chi connectivity index (χ3n) is 1.75. The van der Waals surface area contributed by atoms with Crippen LogP contribution in [-0.2, 0) is 4.79 Å². The van der Waals surface area contributed by atoms with Crippen molar-refractivity contribution in [3.63, 3.8) is 0 Å². The van der Waals surface area contributed by atoms with E-state index < -0.39 is 5.97 Å². The summed E-state index contributed by atoms with van der Waals surface area (Å²) in [7, 11) is 0. The second kappa shape index (κ2) is 3.38. The van der Waals surface area contributed by atoms with E-state index in [9.17, 15) is 4.79 Å². The molecular weight excluding hydrogens is 178 g/mol. The summed E-state index contributed by atoms with van der Waals surface area (Å²) >= 11 is 0. The van der Waals surface area contributed by atoms with E-state index in [1.807, 2.05) is 0 Å². The maximum Gasteiger partial charge on any atom is 0.328 e. The number of aliphatic carboxylic acids is 1. The lowest BCUT2D eigenvalue weighted by Crippen LogP contribution is -1.84. The van der Waals surface area contributed by atoms with Crippen molar-refractivity contribution >= 4 is 22.9 Å². The lowest BCUT2D eigenvalue weighted by molar-refractivity contribution is -0.131. The number of hydrogen-bond acceptors (Lipinski definition) is 1. The molecule has 0 fully saturated rings. The molecule has 0 saturated carbocycles. The number of aromatic amines is 1. The van der Waals surface area contributed by atoms with Crippen LogP contribution in [0.1, 0.15) is 11.0 Å². The quantitative estimate of drug-likeness (QED) is 0.715. The van der Waals surface area contributed by atoms with Gasteiger partial charge in [-0.3, -0.25) is 0 Å². The van der Waals surface area contributed by atoms with Crippen LogP contribution in [0.2, 0.25) is 0 Å². The molecule has 0 spiro atoms. The predicted molar refractivity (Wildman–Crippen MR) is 55.0 cm³/mol. The smallest absolute Gasteiger partial charge is 0.328 e. The second-order valence-electron chi connectivity index (χ2n) is 2.67. The van der Waals surface area contributed by atoms with Crippen molar-refractivity contribution in [3.05, 3.63) is 42.0 Å². The van der Waals surface area contributed by atoms with Gasteiger partial charge >= 0.3 is 5.97 Å². The number of carbonyl (C=O) groups is 1. The molecule has 0 aliphatic rings. The van der Waals surface area contributed by atoms with E-state index in [0.29, 0.717) is 10.9 Å². The molecule has 1 heterocycles. The van der Waals surface area contributed by atoms with E-state index in [1.54, 1.807) is 0 Å². The van der Waals surface area contributed by atoms with Gasteiger partial charge in [-0.1, -0.05) is 18.1 Å². The summed E-state index contributed by atoms with van der Waals surface area (Å²) in [6.07, 6.45) is 3.67. The number of fused-ring (bicyclic) bond motifs is 1. The first kappa shape index (κ1) is 5.00. The monoisotopic (exact) mass is 191 g/mol. The summed E-state index contributed by atoms with van der Waals surface area (Å²) in [5.74, 6) is -1.12. The van der Waals surface area contributed by atoms with Crippen molar-refractivity contribution in [1.82, 2.24) is 4.98 Å². The Morgan fingerprint density at radius 2 is 2.29 bits per heavy atom. The Morgan fingerprint density at radius 3 is 3.07 bits per heavy atom. The molecule has 0 aliphatic heterocycles. The summed E-state index contributed by atoms with van der Waals surface area (Å²) in [6, 6.07) is -1.00. The van der Waals surface area contributed by atoms with Crippen LogP contribution in [0, 0.1) is 0 Å². The molecule has 70 valence electrons. The van der Waals surface area contributed by atoms with Crippen LogP contribution in [0.5, 0.6) is 0 Å². The van der Waals surface area contributed by atoms with E-state index in [0.717, 1.165) is 6.08 Å². The van der Waals surface area contributed by atoms with Gasteiger partial charge in [0.1, 0.15) is 0 Å². The van der Waals surface area contributed by atoms with Gasteiger partial charge in [0, 0.05) is 23.2 Å². The van der Waals surface area contributed by atoms with E-state index in [-0.39, 0.29) is 29.7 Å². The molecule has 2 aromatic rings. The Labute approximate surface area is 86.3 Å². The first-order valence-corrected chi connectivity index (χ1v) is 3.92. The van der Waals surface area contributed by atoms with E-state index >= 15 is 0 Å². The van der Waals surface area contributed by atoms with Gasteiger partial charge in [-0.25, -0.2) is 4.79 Å². The number of aromatic nitrogens is 1. The van der Waals surface area contributed by atoms with Gasteiger partial charge in [0.25, 0.3) is 0 Å². The number of H-pyrrole nitrogens is 1. The molecule has 3 heteroatoms. The van der Waals surface area contributed by atoms with Crippen LogP contribution in [0.4, 0.5) is 0 Å². The molecule has 2 rings (SSSR count). The Balaban J connectivity index is 2.77. The summed E-state index contributed by atoms with van der Waals surface area (Å²) < 4.78 is 30.6. The zero-order chi connectivity index (χ0) is 13.4. The van der Waals surface area contributed by atoms with Crippen molar-refractivity contribution in [2.75, 3.05) is 0 Å². The van der Waals surface area contributed by atoms with E-state index in [2.05, 4.69) is 4.98 Å². The number of para-hydroxylation sites is 1. The largest absolute Gasteiger partial charge is 0.478 e. The predicted octanol–water partition coefficient (Wildman–Crippen LogP) is 2.27. The van der Waals surface area contributed by atoms with Crippen molar-refractivity contribution in [2.24, 2.45) is 0 Å². The van der Waals surface area contributed by atoms with E-state index in [4.69, 9.17) is 10.6 Å². The Morgan fingerprint density at radius 1 is 1.50 bits per heavy atom. The van der Waals surface area contributed by atoms with Crippen LogP contribution in [0.3, 0.4) is 0 Å². The fourth-order valence-corrected chi connectivity index (χ4v) is 1.15. The minimum absolute atomic E-state index is 0.166. The van der Waals surface area contributed by atoms with Crippen LogP contribution < -0.4 is 0 Å². The van der Waals surface area contributed by atoms with Crippen molar-refractivity contribution in [1.29, 1.82) is 0 Å². The number of nitrogens with one attached hydrogen (secondary N) is 1. The highest BCUT2D eigenvalue weighted by molar-refractivity contribution is 5.93. The summed E-state index contributed by atoms with van der Waals surface area (Å²) in [5.41, 5.74) is 0.686. The number of carboxylic acids is 1. The van der Waals surface area contributed by atoms with Gasteiger partial charge < -0.3 is 10.1 Å². The van der Waals surface area contributed by atoms with Gasteiger partial charge in [0.05, 0.1) is 5.48 Å². The van der Waals surface area contributed by atoms with Crippen LogP contribution in [0.25, 0.3) is 17.0 Å². The van der Waals surface area contributed by atoms with Gasteiger partial charge in [-0.05, 0) is 17.7 Å². The summed E-state index contributed by atoms with van der Waals surface area (Å²) in [6.45, 7) is 0. The van der Waals surface area contributed by atoms with Gasteiger partial charge in [-0.2, -0.15) is 0 Å². The molecule has 0 unspecified atom stereocenters. The average Bonchev–Trinajstić information content (AvgIpc) is 2.75. The SMILES string of the molecule is [2H]c1c([2H])c([2H])c2c(/C=C/C(=O)O)c[nH]c2c1[2H]. The third kappa shape index (κ3) is 1.52. The molecule has 0 saturated heterocycles. The highest BCUT2D eigenvalue weighted by Gasteiger charge is 1.98. The van der Waals surface area contributed by atoms with Gasteiger partial charge in [-0.15, -0.1) is 0 Å². The molecule has 14 heavy (non-hydrogen) atoms. The zero-order valence-corrected chi connectivity index (χ0v) is 7.09. The fourth-order valence-electron chi connectivity index (χ4n) is 1.15. The standard InChI is InChI=1S/C11H9NO2/c13-11(14)6-5-8-7-12-10-4-2-1-3-9(8)10/h1-7,12H,(H,13,14)/b6-5+/i1D,2D,3D,4D. The fraction of sp³-hybridized carbons (Fsp3) is 0. The Hall–Kier alpha value is -2.03. The minimum Gasteiger partial charge on any atom is -0.478 e. The van der Waals surface area contributed by atoms with Gasteiger partial charge in [0.2, 0.25) is 0 Å². The summed E-state index contributed by atoms with van der Waals surface area (Å²) in [5, 5.41) is 8.85. The molecule has 1 aromatic heterocycles. The van der Waals surface area contributed by atoms with Gasteiger partial charge in [0.15, 0.2) is 0 Å². The molecular formula is C11H9NO2. The molecule has 0 aliphatic carbocycles. The van der Waals surface area contributed by atoms with Crippen molar-refractivity contribution in [2.45, 2.75) is 0 Å². The Kier molecular flexibility index (Phi) is 1.21. The molecule has 0 radical (unpaired) electrons. The van der Waals surface area contributed by atoms with Crippen molar-refractivity contribution < 1.29 is 15.4 Å². The van der Waals surface area contributed by atoms with Crippen molar-refractivity contribution in [3.8, 4) is 0 Å². The topological polar surface area (TPSA) is 53.1 Å². The second-order valence-corrected chi connectivity index (χ2v) is 2.67. The minimum atomic E-state index is -1.12. The highest BCUT2D eigenvalue weighted by atomic mass is 16.4. The molecule has 0 atom stereocenters. The third-order valence-corrected chi connectivity index (χ3v) is 1.75. The maximum absolute atomic E-state index is 10.5. The lowest BCUT2D eigenvalue weighted by atomic mass is 10.1.